The Kier molecular flexibility index (Phi) is 6.70. The third-order valence-electron chi connectivity index (χ3n) is 1.21. The molecular weight excluding hydrogens is 134 g/mol. The Morgan fingerprint density at radius 2 is 2.18 bits per heavy atom. The first-order chi connectivity index (χ1) is 5.31. The number of hydrogen-bond acceptors (Lipinski definition) is 1. The number of hydrogen-bond donors (Lipinski definition) is 0. The SMILES string of the molecule is C=C(/C=C\CCC)N=CCC. The van der Waals surface area contributed by atoms with Crippen molar-refractivity contribution in [1.29, 1.82) is 0 Å². The molecule has 0 aliphatic heterocycles. The smallest absolute Gasteiger partial charge is 0.0550 e. The molecule has 0 aromatic carbocycles. The van der Waals surface area contributed by atoms with Crippen LogP contribution in [0.5, 0.6) is 0 Å². The van der Waals surface area contributed by atoms with Gasteiger partial charge in [-0.3, -0.25) is 4.99 Å². The zero-order chi connectivity index (χ0) is 8.53. The molecule has 0 amide bonds. The number of aliphatic imine (C=N–C) groups is 1. The Bertz CT molecular complexity index is 154. The average Bonchev–Trinajstić information content (AvgIpc) is 2.01. The van der Waals surface area contributed by atoms with Crippen molar-refractivity contribution in [3.63, 3.8) is 0 Å². The zero-order valence-electron chi connectivity index (χ0n) is 7.51. The lowest BCUT2D eigenvalue weighted by atomic mass is 10.3. The first-order valence-electron chi connectivity index (χ1n) is 4.19. The number of unbranched alkanes of at least 4 members (excludes halogenated alkanes) is 1. The Morgan fingerprint density at radius 3 is 2.73 bits per heavy atom. The highest BCUT2D eigenvalue weighted by atomic mass is 14.7. The molecule has 1 nitrogen and oxygen atoms in total. The van der Waals surface area contributed by atoms with E-state index in [1.165, 1.54) is 6.42 Å². The van der Waals surface area contributed by atoms with E-state index in [2.05, 4.69) is 31.5 Å². The molecule has 0 fully saturated rings. The van der Waals surface area contributed by atoms with Gasteiger partial charge in [0.1, 0.15) is 0 Å². The van der Waals surface area contributed by atoms with Crippen LogP contribution in [-0.2, 0) is 0 Å². The van der Waals surface area contributed by atoms with Crippen LogP contribution in [0.15, 0.2) is 29.4 Å². The molecule has 0 aliphatic rings. The fraction of sp³-hybridized carbons (Fsp3) is 0.500. The maximum Gasteiger partial charge on any atom is 0.0550 e. The van der Waals surface area contributed by atoms with Gasteiger partial charge in [0, 0.05) is 6.21 Å². The summed E-state index contributed by atoms with van der Waals surface area (Å²) in [6, 6.07) is 0. The predicted octanol–water partition coefficient (Wildman–Crippen LogP) is 3.34. The van der Waals surface area contributed by atoms with E-state index in [0.717, 1.165) is 18.5 Å². The molecule has 0 saturated carbocycles. The van der Waals surface area contributed by atoms with Gasteiger partial charge in [-0.15, -0.1) is 0 Å². The third kappa shape index (κ3) is 7.04. The standard InChI is InChI=1S/C10H17N/c1-4-6-7-8-10(3)11-9-5-2/h7-9H,3-6H2,1-2H3/b8-7-,11-9?. The van der Waals surface area contributed by atoms with Gasteiger partial charge >= 0.3 is 0 Å². The van der Waals surface area contributed by atoms with Crippen molar-refractivity contribution >= 4 is 6.21 Å². The summed E-state index contributed by atoms with van der Waals surface area (Å²) in [7, 11) is 0. The van der Waals surface area contributed by atoms with Gasteiger partial charge in [0.25, 0.3) is 0 Å². The quantitative estimate of drug-likeness (QED) is 0.422. The second-order valence-electron chi connectivity index (χ2n) is 2.40. The highest BCUT2D eigenvalue weighted by Crippen LogP contribution is 1.97. The second-order valence-corrected chi connectivity index (χ2v) is 2.40. The van der Waals surface area contributed by atoms with Crippen LogP contribution in [0, 0.1) is 0 Å². The molecule has 0 heterocycles. The van der Waals surface area contributed by atoms with Gasteiger partial charge in [0.05, 0.1) is 5.70 Å². The van der Waals surface area contributed by atoms with Crippen LogP contribution in [0.1, 0.15) is 33.1 Å². The van der Waals surface area contributed by atoms with Gasteiger partial charge in [-0.25, -0.2) is 0 Å². The lowest BCUT2D eigenvalue weighted by Gasteiger charge is -1.88. The van der Waals surface area contributed by atoms with Crippen LogP contribution in [0.4, 0.5) is 0 Å². The van der Waals surface area contributed by atoms with Gasteiger partial charge in [0.15, 0.2) is 0 Å². The van der Waals surface area contributed by atoms with E-state index in [-0.39, 0.29) is 0 Å². The van der Waals surface area contributed by atoms with E-state index in [4.69, 9.17) is 0 Å². The molecule has 1 heteroatoms. The van der Waals surface area contributed by atoms with Gasteiger partial charge in [-0.1, -0.05) is 32.9 Å². The molecule has 0 aliphatic carbocycles. The van der Waals surface area contributed by atoms with Gasteiger partial charge in [-0.05, 0) is 18.9 Å². The van der Waals surface area contributed by atoms with Gasteiger partial charge in [0.2, 0.25) is 0 Å². The molecule has 0 unspecified atom stereocenters. The minimum Gasteiger partial charge on any atom is -0.262 e. The molecule has 0 N–H and O–H groups in total. The van der Waals surface area contributed by atoms with Crippen LogP contribution >= 0.6 is 0 Å². The lowest BCUT2D eigenvalue weighted by Crippen LogP contribution is -1.71. The maximum atomic E-state index is 4.11. The Morgan fingerprint density at radius 1 is 1.45 bits per heavy atom. The molecule has 0 aromatic rings. The Hall–Kier alpha value is -0.850. The normalized spacial score (nSPS) is 11.5. The molecule has 0 rings (SSSR count). The van der Waals surface area contributed by atoms with E-state index >= 15 is 0 Å². The summed E-state index contributed by atoms with van der Waals surface area (Å²) in [6.45, 7) is 8.00. The summed E-state index contributed by atoms with van der Waals surface area (Å²) in [5.41, 5.74) is 0.848. The lowest BCUT2D eigenvalue weighted by molar-refractivity contribution is 0.957. The van der Waals surface area contributed by atoms with E-state index in [0.29, 0.717) is 0 Å². The Balaban J connectivity index is 3.59. The average molecular weight is 151 g/mol. The van der Waals surface area contributed by atoms with Crippen molar-refractivity contribution in [3.05, 3.63) is 24.4 Å². The molecule has 0 bridgehead atoms. The first kappa shape index (κ1) is 10.2. The summed E-state index contributed by atoms with van der Waals surface area (Å²) in [5.74, 6) is 0. The van der Waals surface area contributed by atoms with Crippen molar-refractivity contribution in [2.24, 2.45) is 4.99 Å². The maximum absolute atomic E-state index is 4.11. The molecular formula is C10H17N. The summed E-state index contributed by atoms with van der Waals surface area (Å²) in [5, 5.41) is 0. The summed E-state index contributed by atoms with van der Waals surface area (Å²) < 4.78 is 0. The fourth-order valence-corrected chi connectivity index (χ4v) is 0.638. The van der Waals surface area contributed by atoms with Gasteiger partial charge < -0.3 is 0 Å². The van der Waals surface area contributed by atoms with E-state index in [1.54, 1.807) is 0 Å². The summed E-state index contributed by atoms with van der Waals surface area (Å²) in [4.78, 5) is 4.11. The van der Waals surface area contributed by atoms with Crippen molar-refractivity contribution in [2.75, 3.05) is 0 Å². The molecule has 0 spiro atoms. The van der Waals surface area contributed by atoms with Crippen LogP contribution in [-0.4, -0.2) is 6.21 Å². The summed E-state index contributed by atoms with van der Waals surface area (Å²) in [6.07, 6.45) is 9.21. The molecule has 62 valence electrons. The Labute approximate surface area is 69.5 Å². The van der Waals surface area contributed by atoms with E-state index in [1.807, 2.05) is 12.3 Å². The van der Waals surface area contributed by atoms with E-state index < -0.39 is 0 Å². The fourth-order valence-electron chi connectivity index (χ4n) is 0.638. The monoisotopic (exact) mass is 151 g/mol. The third-order valence-corrected chi connectivity index (χ3v) is 1.21. The predicted molar refractivity (Wildman–Crippen MR) is 52.0 cm³/mol. The number of allylic oxidation sites excluding steroid dienone is 2. The molecule has 0 aromatic heterocycles. The molecule has 11 heavy (non-hydrogen) atoms. The van der Waals surface area contributed by atoms with Crippen molar-refractivity contribution in [3.8, 4) is 0 Å². The summed E-state index contributed by atoms with van der Waals surface area (Å²) >= 11 is 0. The van der Waals surface area contributed by atoms with Crippen molar-refractivity contribution < 1.29 is 0 Å². The highest BCUT2D eigenvalue weighted by molar-refractivity contribution is 5.58. The number of rotatable bonds is 5. The second kappa shape index (κ2) is 7.26. The van der Waals surface area contributed by atoms with Crippen LogP contribution in [0.3, 0.4) is 0 Å². The van der Waals surface area contributed by atoms with Crippen molar-refractivity contribution in [2.45, 2.75) is 33.1 Å². The van der Waals surface area contributed by atoms with Crippen LogP contribution in [0.25, 0.3) is 0 Å². The van der Waals surface area contributed by atoms with Gasteiger partial charge in [-0.2, -0.15) is 0 Å². The zero-order valence-corrected chi connectivity index (χ0v) is 7.51. The largest absolute Gasteiger partial charge is 0.262 e. The van der Waals surface area contributed by atoms with Crippen LogP contribution < -0.4 is 0 Å². The van der Waals surface area contributed by atoms with Crippen LogP contribution in [0.2, 0.25) is 0 Å². The number of nitrogens with zero attached hydrogens (tertiary/aromatic N) is 1. The van der Waals surface area contributed by atoms with Crippen molar-refractivity contribution in [1.82, 2.24) is 0 Å². The molecule has 0 radical (unpaired) electrons. The van der Waals surface area contributed by atoms with E-state index in [9.17, 15) is 0 Å². The minimum absolute atomic E-state index is 0.848. The molecule has 0 atom stereocenters. The first-order valence-corrected chi connectivity index (χ1v) is 4.19. The molecule has 0 saturated heterocycles. The minimum atomic E-state index is 0.848. The highest BCUT2D eigenvalue weighted by Gasteiger charge is 1.78. The topological polar surface area (TPSA) is 12.4 Å².